The molecule has 0 bridgehead atoms. The lowest BCUT2D eigenvalue weighted by Gasteiger charge is -2.40. The Labute approximate surface area is 105 Å². The summed E-state index contributed by atoms with van der Waals surface area (Å²) < 4.78 is 0. The lowest BCUT2D eigenvalue weighted by molar-refractivity contribution is 0.305. The first-order valence-electron chi connectivity index (χ1n) is 6.96. The molecule has 94 valence electrons. The number of hydrogen-bond acceptors (Lipinski definition) is 2. The molecule has 0 aromatic carbocycles. The third kappa shape index (κ3) is 2.46. The zero-order chi connectivity index (χ0) is 12.3. The van der Waals surface area contributed by atoms with Gasteiger partial charge in [-0.3, -0.25) is 0 Å². The van der Waals surface area contributed by atoms with E-state index in [4.69, 9.17) is 5.41 Å². The standard InChI is InChI=1S/C15H24N2/c1-3-6-14-11-13-7-4-5-8-15(13)12(2)17(14)10-9-16/h9,11-12,16H,3-8,10H2,1-2H3. The highest BCUT2D eigenvalue weighted by Crippen LogP contribution is 2.36. The molecule has 0 saturated heterocycles. The van der Waals surface area contributed by atoms with Gasteiger partial charge in [0, 0.05) is 18.0 Å². The molecule has 1 atom stereocenters. The van der Waals surface area contributed by atoms with Gasteiger partial charge in [0.15, 0.2) is 0 Å². The smallest absolute Gasteiger partial charge is 0.0528 e. The summed E-state index contributed by atoms with van der Waals surface area (Å²) in [6.45, 7) is 5.31. The average molecular weight is 232 g/mol. The number of allylic oxidation sites excluding steroid dienone is 3. The molecule has 0 fully saturated rings. The van der Waals surface area contributed by atoms with Crippen molar-refractivity contribution >= 4 is 6.21 Å². The van der Waals surface area contributed by atoms with E-state index in [1.165, 1.54) is 44.0 Å². The lowest BCUT2D eigenvalue weighted by atomic mass is 9.83. The average Bonchev–Trinajstić information content (AvgIpc) is 2.34. The van der Waals surface area contributed by atoms with Crippen molar-refractivity contribution in [2.45, 2.75) is 58.4 Å². The van der Waals surface area contributed by atoms with E-state index >= 15 is 0 Å². The monoisotopic (exact) mass is 232 g/mol. The van der Waals surface area contributed by atoms with Crippen molar-refractivity contribution in [2.24, 2.45) is 0 Å². The minimum absolute atomic E-state index is 0.512. The molecule has 1 unspecified atom stereocenters. The highest BCUT2D eigenvalue weighted by molar-refractivity contribution is 5.57. The first-order valence-corrected chi connectivity index (χ1v) is 6.96. The fraction of sp³-hybridized carbons (Fsp3) is 0.667. The van der Waals surface area contributed by atoms with Crippen LogP contribution in [0.5, 0.6) is 0 Å². The second-order valence-electron chi connectivity index (χ2n) is 5.18. The molecule has 0 radical (unpaired) electrons. The maximum atomic E-state index is 7.37. The zero-order valence-electron chi connectivity index (χ0n) is 11.1. The topological polar surface area (TPSA) is 27.1 Å². The van der Waals surface area contributed by atoms with Gasteiger partial charge in [-0.05, 0) is 56.3 Å². The van der Waals surface area contributed by atoms with Crippen LogP contribution < -0.4 is 0 Å². The van der Waals surface area contributed by atoms with Gasteiger partial charge in [-0.1, -0.05) is 13.3 Å². The van der Waals surface area contributed by atoms with E-state index in [2.05, 4.69) is 24.8 Å². The summed E-state index contributed by atoms with van der Waals surface area (Å²) in [4.78, 5) is 2.42. The predicted octanol–water partition coefficient (Wildman–Crippen LogP) is 3.89. The summed E-state index contributed by atoms with van der Waals surface area (Å²) in [5.41, 5.74) is 4.69. The van der Waals surface area contributed by atoms with Crippen molar-refractivity contribution in [3.8, 4) is 0 Å². The van der Waals surface area contributed by atoms with Crippen molar-refractivity contribution in [3.63, 3.8) is 0 Å². The molecule has 0 spiro atoms. The third-order valence-corrected chi connectivity index (χ3v) is 4.03. The molecule has 0 aromatic heterocycles. The van der Waals surface area contributed by atoms with Crippen LogP contribution in [0.1, 0.15) is 52.4 Å². The molecule has 2 nitrogen and oxygen atoms in total. The Kier molecular flexibility index (Phi) is 4.03. The van der Waals surface area contributed by atoms with Crippen LogP contribution in [0.4, 0.5) is 0 Å². The highest BCUT2D eigenvalue weighted by atomic mass is 15.2. The molecule has 2 heteroatoms. The van der Waals surface area contributed by atoms with E-state index in [0.717, 1.165) is 13.0 Å². The van der Waals surface area contributed by atoms with E-state index < -0.39 is 0 Å². The van der Waals surface area contributed by atoms with Crippen molar-refractivity contribution in [1.82, 2.24) is 4.90 Å². The zero-order valence-corrected chi connectivity index (χ0v) is 11.1. The van der Waals surface area contributed by atoms with E-state index in [0.29, 0.717) is 6.04 Å². The predicted molar refractivity (Wildman–Crippen MR) is 73.4 cm³/mol. The molecule has 0 saturated carbocycles. The Morgan fingerprint density at radius 3 is 2.88 bits per heavy atom. The molecular weight excluding hydrogens is 208 g/mol. The molecular formula is C15H24N2. The first kappa shape index (κ1) is 12.4. The van der Waals surface area contributed by atoms with E-state index in [1.807, 2.05) is 0 Å². The summed E-state index contributed by atoms with van der Waals surface area (Å²) in [6.07, 6.45) is 11.5. The molecule has 0 amide bonds. The molecule has 0 aromatic rings. The Hall–Kier alpha value is -1.05. The van der Waals surface area contributed by atoms with Crippen LogP contribution in [0.2, 0.25) is 0 Å². The Morgan fingerprint density at radius 2 is 2.18 bits per heavy atom. The summed E-state index contributed by atoms with van der Waals surface area (Å²) in [5.74, 6) is 0. The molecule has 2 aliphatic rings. The summed E-state index contributed by atoms with van der Waals surface area (Å²) in [5, 5.41) is 7.37. The first-order chi connectivity index (χ1) is 8.27. The molecule has 2 rings (SSSR count). The summed E-state index contributed by atoms with van der Waals surface area (Å²) in [7, 11) is 0. The van der Waals surface area contributed by atoms with Gasteiger partial charge in [0.05, 0.1) is 6.54 Å². The van der Waals surface area contributed by atoms with Gasteiger partial charge >= 0.3 is 0 Å². The summed E-state index contributed by atoms with van der Waals surface area (Å²) in [6, 6.07) is 0.512. The number of nitrogens with zero attached hydrogens (tertiary/aromatic N) is 1. The van der Waals surface area contributed by atoms with Gasteiger partial charge in [-0.15, -0.1) is 0 Å². The molecule has 17 heavy (non-hydrogen) atoms. The number of rotatable bonds is 4. The Morgan fingerprint density at radius 1 is 1.41 bits per heavy atom. The minimum Gasteiger partial charge on any atom is -0.363 e. The van der Waals surface area contributed by atoms with E-state index in [-0.39, 0.29) is 0 Å². The van der Waals surface area contributed by atoms with Crippen LogP contribution in [0.3, 0.4) is 0 Å². The van der Waals surface area contributed by atoms with Crippen LogP contribution in [0.25, 0.3) is 0 Å². The number of hydrogen-bond donors (Lipinski definition) is 1. The van der Waals surface area contributed by atoms with Gasteiger partial charge in [-0.2, -0.15) is 0 Å². The normalized spacial score (nSPS) is 24.5. The van der Waals surface area contributed by atoms with E-state index in [9.17, 15) is 0 Å². The van der Waals surface area contributed by atoms with Crippen LogP contribution in [0.15, 0.2) is 22.9 Å². The second kappa shape index (κ2) is 5.52. The fourth-order valence-corrected chi connectivity index (χ4v) is 3.16. The van der Waals surface area contributed by atoms with Crippen LogP contribution in [0, 0.1) is 5.41 Å². The maximum absolute atomic E-state index is 7.37. The fourth-order valence-electron chi connectivity index (χ4n) is 3.16. The Balaban J connectivity index is 2.28. The lowest BCUT2D eigenvalue weighted by Crippen LogP contribution is -2.38. The highest BCUT2D eigenvalue weighted by Gasteiger charge is 2.27. The largest absolute Gasteiger partial charge is 0.363 e. The SMILES string of the molecule is CCCC1=CC2=C(CCCC2)C(C)N1CC=N. The van der Waals surface area contributed by atoms with Gasteiger partial charge in [0.25, 0.3) is 0 Å². The second-order valence-corrected chi connectivity index (χ2v) is 5.18. The van der Waals surface area contributed by atoms with Crippen LogP contribution in [-0.2, 0) is 0 Å². The Bertz CT molecular complexity index is 352. The molecule has 1 heterocycles. The van der Waals surface area contributed by atoms with Crippen molar-refractivity contribution in [2.75, 3.05) is 6.54 Å². The number of nitrogens with one attached hydrogen (secondary N) is 1. The van der Waals surface area contributed by atoms with Gasteiger partial charge < -0.3 is 10.3 Å². The quantitative estimate of drug-likeness (QED) is 0.731. The van der Waals surface area contributed by atoms with Crippen molar-refractivity contribution < 1.29 is 0 Å². The van der Waals surface area contributed by atoms with Crippen molar-refractivity contribution in [1.29, 1.82) is 5.41 Å². The maximum Gasteiger partial charge on any atom is 0.0528 e. The third-order valence-electron chi connectivity index (χ3n) is 4.03. The van der Waals surface area contributed by atoms with Gasteiger partial charge in [0.2, 0.25) is 0 Å². The van der Waals surface area contributed by atoms with E-state index in [1.54, 1.807) is 11.1 Å². The van der Waals surface area contributed by atoms with Gasteiger partial charge in [0.1, 0.15) is 0 Å². The van der Waals surface area contributed by atoms with Crippen molar-refractivity contribution in [3.05, 3.63) is 22.9 Å². The summed E-state index contributed by atoms with van der Waals surface area (Å²) >= 11 is 0. The van der Waals surface area contributed by atoms with Crippen LogP contribution >= 0.6 is 0 Å². The van der Waals surface area contributed by atoms with Gasteiger partial charge in [-0.25, -0.2) is 0 Å². The molecule has 1 aliphatic heterocycles. The van der Waals surface area contributed by atoms with Crippen LogP contribution in [-0.4, -0.2) is 23.7 Å². The molecule has 1 aliphatic carbocycles. The minimum atomic E-state index is 0.512. The molecule has 1 N–H and O–H groups in total.